The number of nitrogens with zero attached hydrogens (tertiary/aromatic N) is 1. The highest BCUT2D eigenvalue weighted by Gasteiger charge is 2.20. The number of ether oxygens (including phenoxy) is 1. The average Bonchev–Trinajstić information content (AvgIpc) is 2.91. The first-order chi connectivity index (χ1) is 7.34. The molecule has 1 saturated heterocycles. The molecule has 1 heterocycles. The summed E-state index contributed by atoms with van der Waals surface area (Å²) in [5.41, 5.74) is 0. The first-order valence-corrected chi connectivity index (χ1v) is 6.38. The van der Waals surface area contributed by atoms with Gasteiger partial charge in [-0.1, -0.05) is 0 Å². The zero-order chi connectivity index (χ0) is 10.5. The van der Waals surface area contributed by atoms with Gasteiger partial charge < -0.3 is 15.0 Å². The molecule has 1 unspecified atom stereocenters. The molecule has 2 fully saturated rings. The van der Waals surface area contributed by atoms with Gasteiger partial charge >= 0.3 is 0 Å². The van der Waals surface area contributed by atoms with Gasteiger partial charge in [0.15, 0.2) is 0 Å². The highest BCUT2D eigenvalue weighted by molar-refractivity contribution is 4.80. The number of rotatable bonds is 7. The standard InChI is InChI=1S/C12H24N2O/c1-14(9-7-13-11-4-5-11)8-6-12-3-2-10-15-12/h11-13H,2-10H2,1H3. The largest absolute Gasteiger partial charge is 0.378 e. The van der Waals surface area contributed by atoms with Gasteiger partial charge in [-0.05, 0) is 39.2 Å². The number of nitrogens with one attached hydrogen (secondary N) is 1. The fourth-order valence-electron chi connectivity index (χ4n) is 2.10. The third kappa shape index (κ3) is 4.49. The second-order valence-electron chi connectivity index (χ2n) is 4.96. The molecule has 1 saturated carbocycles. The van der Waals surface area contributed by atoms with Crippen LogP contribution in [0.15, 0.2) is 0 Å². The molecule has 1 N–H and O–H groups in total. The molecule has 1 aliphatic heterocycles. The summed E-state index contributed by atoms with van der Waals surface area (Å²) in [7, 11) is 2.21. The zero-order valence-electron chi connectivity index (χ0n) is 9.87. The molecule has 15 heavy (non-hydrogen) atoms. The first-order valence-electron chi connectivity index (χ1n) is 6.38. The molecule has 3 nitrogen and oxygen atoms in total. The van der Waals surface area contributed by atoms with Gasteiger partial charge in [-0.15, -0.1) is 0 Å². The molecule has 0 aromatic carbocycles. The molecule has 0 spiro atoms. The van der Waals surface area contributed by atoms with Gasteiger partial charge in [0.1, 0.15) is 0 Å². The van der Waals surface area contributed by atoms with E-state index in [1.54, 1.807) is 0 Å². The van der Waals surface area contributed by atoms with E-state index in [9.17, 15) is 0 Å². The van der Waals surface area contributed by atoms with E-state index in [0.717, 1.165) is 19.2 Å². The topological polar surface area (TPSA) is 24.5 Å². The summed E-state index contributed by atoms with van der Waals surface area (Å²) in [5, 5.41) is 3.54. The second-order valence-corrected chi connectivity index (χ2v) is 4.96. The Morgan fingerprint density at radius 3 is 2.80 bits per heavy atom. The Morgan fingerprint density at radius 2 is 2.13 bits per heavy atom. The van der Waals surface area contributed by atoms with Gasteiger partial charge in [0.2, 0.25) is 0 Å². The Bertz CT molecular complexity index is 176. The average molecular weight is 212 g/mol. The summed E-state index contributed by atoms with van der Waals surface area (Å²) in [6, 6.07) is 0.844. The second kappa shape index (κ2) is 5.83. The lowest BCUT2D eigenvalue weighted by Crippen LogP contribution is -2.32. The highest BCUT2D eigenvalue weighted by atomic mass is 16.5. The Labute approximate surface area is 93.2 Å². The van der Waals surface area contributed by atoms with Crippen LogP contribution in [0.1, 0.15) is 32.1 Å². The van der Waals surface area contributed by atoms with Crippen molar-refractivity contribution in [2.75, 3.05) is 33.3 Å². The summed E-state index contributed by atoms with van der Waals surface area (Å²) >= 11 is 0. The first kappa shape index (κ1) is 11.4. The lowest BCUT2D eigenvalue weighted by atomic mass is 10.2. The molecule has 0 amide bonds. The molecular weight excluding hydrogens is 188 g/mol. The summed E-state index contributed by atoms with van der Waals surface area (Å²) in [4.78, 5) is 2.41. The van der Waals surface area contributed by atoms with E-state index >= 15 is 0 Å². The summed E-state index contributed by atoms with van der Waals surface area (Å²) < 4.78 is 5.61. The normalized spacial score (nSPS) is 26.4. The van der Waals surface area contributed by atoms with E-state index in [1.165, 1.54) is 45.2 Å². The quantitative estimate of drug-likeness (QED) is 0.687. The number of likely N-dealkylation sites (N-methyl/N-ethyl adjacent to an activating group) is 1. The molecular formula is C12H24N2O. The Morgan fingerprint density at radius 1 is 1.27 bits per heavy atom. The van der Waals surface area contributed by atoms with Crippen LogP contribution in [0.25, 0.3) is 0 Å². The maximum Gasteiger partial charge on any atom is 0.0588 e. The third-order valence-corrected chi connectivity index (χ3v) is 3.36. The van der Waals surface area contributed by atoms with Crippen LogP contribution in [0.4, 0.5) is 0 Å². The zero-order valence-corrected chi connectivity index (χ0v) is 9.87. The molecule has 3 heteroatoms. The van der Waals surface area contributed by atoms with Gasteiger partial charge in [0.05, 0.1) is 6.10 Å². The van der Waals surface area contributed by atoms with Crippen LogP contribution in [0, 0.1) is 0 Å². The maximum absolute atomic E-state index is 5.61. The Balaban J connectivity index is 1.45. The fraction of sp³-hybridized carbons (Fsp3) is 1.00. The SMILES string of the molecule is CN(CCNC1CC1)CCC1CCCO1. The van der Waals surface area contributed by atoms with Gasteiger partial charge in [0, 0.05) is 32.3 Å². The van der Waals surface area contributed by atoms with Gasteiger partial charge in [-0.25, -0.2) is 0 Å². The van der Waals surface area contributed by atoms with Crippen LogP contribution in [-0.4, -0.2) is 50.3 Å². The predicted molar refractivity (Wildman–Crippen MR) is 62.1 cm³/mol. The van der Waals surface area contributed by atoms with Gasteiger partial charge in [-0.3, -0.25) is 0 Å². The van der Waals surface area contributed by atoms with Crippen molar-refractivity contribution in [1.29, 1.82) is 0 Å². The summed E-state index contributed by atoms with van der Waals surface area (Å²) in [5.74, 6) is 0. The molecule has 2 rings (SSSR count). The van der Waals surface area contributed by atoms with Crippen molar-refractivity contribution in [3.63, 3.8) is 0 Å². The lowest BCUT2D eigenvalue weighted by molar-refractivity contribution is 0.0951. The Kier molecular flexibility index (Phi) is 4.42. The van der Waals surface area contributed by atoms with Crippen LogP contribution in [0.3, 0.4) is 0 Å². The molecule has 1 aliphatic carbocycles. The van der Waals surface area contributed by atoms with Crippen LogP contribution >= 0.6 is 0 Å². The minimum absolute atomic E-state index is 0.545. The van der Waals surface area contributed by atoms with Crippen LogP contribution in [-0.2, 0) is 4.74 Å². The van der Waals surface area contributed by atoms with E-state index in [0.29, 0.717) is 6.10 Å². The molecule has 0 radical (unpaired) electrons. The van der Waals surface area contributed by atoms with E-state index in [4.69, 9.17) is 4.74 Å². The molecule has 0 aromatic rings. The summed E-state index contributed by atoms with van der Waals surface area (Å²) in [6.45, 7) is 4.48. The number of hydrogen-bond acceptors (Lipinski definition) is 3. The van der Waals surface area contributed by atoms with E-state index in [1.807, 2.05) is 0 Å². The van der Waals surface area contributed by atoms with E-state index in [-0.39, 0.29) is 0 Å². The minimum atomic E-state index is 0.545. The van der Waals surface area contributed by atoms with Crippen molar-refractivity contribution in [2.24, 2.45) is 0 Å². The van der Waals surface area contributed by atoms with Crippen molar-refractivity contribution < 1.29 is 4.74 Å². The van der Waals surface area contributed by atoms with E-state index < -0.39 is 0 Å². The maximum atomic E-state index is 5.61. The predicted octanol–water partition coefficient (Wildman–Crippen LogP) is 1.24. The van der Waals surface area contributed by atoms with Crippen molar-refractivity contribution in [3.8, 4) is 0 Å². The van der Waals surface area contributed by atoms with Crippen molar-refractivity contribution in [2.45, 2.75) is 44.2 Å². The van der Waals surface area contributed by atoms with Crippen LogP contribution in [0.5, 0.6) is 0 Å². The minimum Gasteiger partial charge on any atom is -0.378 e. The van der Waals surface area contributed by atoms with Crippen LogP contribution in [0.2, 0.25) is 0 Å². The fourth-order valence-corrected chi connectivity index (χ4v) is 2.10. The summed E-state index contributed by atoms with van der Waals surface area (Å²) in [6.07, 6.45) is 7.06. The highest BCUT2D eigenvalue weighted by Crippen LogP contribution is 2.18. The molecule has 2 aliphatic rings. The van der Waals surface area contributed by atoms with Crippen molar-refractivity contribution in [3.05, 3.63) is 0 Å². The number of hydrogen-bond donors (Lipinski definition) is 1. The monoisotopic (exact) mass is 212 g/mol. The molecule has 0 bridgehead atoms. The third-order valence-electron chi connectivity index (χ3n) is 3.36. The van der Waals surface area contributed by atoms with Gasteiger partial charge in [0.25, 0.3) is 0 Å². The molecule has 88 valence electrons. The molecule has 0 aromatic heterocycles. The molecule has 1 atom stereocenters. The van der Waals surface area contributed by atoms with Crippen molar-refractivity contribution >= 4 is 0 Å². The van der Waals surface area contributed by atoms with Gasteiger partial charge in [-0.2, -0.15) is 0 Å². The van der Waals surface area contributed by atoms with E-state index in [2.05, 4.69) is 17.3 Å². The Hall–Kier alpha value is -0.120. The lowest BCUT2D eigenvalue weighted by Gasteiger charge is -2.18. The smallest absolute Gasteiger partial charge is 0.0588 e. The van der Waals surface area contributed by atoms with Crippen molar-refractivity contribution in [1.82, 2.24) is 10.2 Å². The van der Waals surface area contributed by atoms with Crippen LogP contribution < -0.4 is 5.32 Å².